The molecule has 0 aliphatic carbocycles. The molecule has 0 heterocycles. The molecule has 0 bridgehead atoms. The van der Waals surface area contributed by atoms with Gasteiger partial charge in [0, 0.05) is 11.4 Å². The van der Waals surface area contributed by atoms with Crippen LogP contribution in [0.4, 0.5) is 5.69 Å². The molecule has 0 aliphatic heterocycles. The van der Waals surface area contributed by atoms with Crippen molar-refractivity contribution in [3.05, 3.63) is 45.5 Å². The zero-order valence-electron chi connectivity index (χ0n) is 8.80. The molecular weight excluding hydrogens is 290 g/mol. The van der Waals surface area contributed by atoms with Crippen LogP contribution in [0.3, 0.4) is 0 Å². The molecule has 1 rings (SSSR count). The van der Waals surface area contributed by atoms with Crippen LogP contribution < -0.4 is 0 Å². The first-order valence-electron chi connectivity index (χ1n) is 4.81. The van der Waals surface area contributed by atoms with Crippen molar-refractivity contribution < 1.29 is 14.8 Å². The average molecular weight is 300 g/mol. The molecular formula is C11H10BrNO4. The van der Waals surface area contributed by atoms with Crippen molar-refractivity contribution in [1.82, 2.24) is 0 Å². The predicted molar refractivity (Wildman–Crippen MR) is 67.5 cm³/mol. The van der Waals surface area contributed by atoms with Gasteiger partial charge in [0.1, 0.15) is 0 Å². The smallest absolute Gasteiger partial charge is 0.336 e. The van der Waals surface area contributed by atoms with E-state index in [-0.39, 0.29) is 16.8 Å². The van der Waals surface area contributed by atoms with Gasteiger partial charge in [-0.15, -0.1) is 0 Å². The minimum atomic E-state index is -1.17. The Kier molecular flexibility index (Phi) is 4.84. The van der Waals surface area contributed by atoms with E-state index < -0.39 is 10.9 Å². The highest BCUT2D eigenvalue weighted by Crippen LogP contribution is 2.24. The van der Waals surface area contributed by atoms with Crippen LogP contribution >= 0.6 is 15.9 Å². The number of hydrogen-bond donors (Lipinski definition) is 1. The molecule has 0 aromatic heterocycles. The third-order valence-corrected chi connectivity index (χ3v) is 2.53. The summed E-state index contributed by atoms with van der Waals surface area (Å²) in [5, 5.41) is 20.5. The molecule has 17 heavy (non-hydrogen) atoms. The zero-order valence-corrected chi connectivity index (χ0v) is 10.4. The summed E-state index contributed by atoms with van der Waals surface area (Å²) in [6, 6.07) is 4.01. The highest BCUT2D eigenvalue weighted by Gasteiger charge is 2.18. The lowest BCUT2D eigenvalue weighted by Crippen LogP contribution is -2.02. The third kappa shape index (κ3) is 3.39. The summed E-state index contributed by atoms with van der Waals surface area (Å²) in [6.45, 7) is 0. The van der Waals surface area contributed by atoms with E-state index in [0.29, 0.717) is 11.8 Å². The molecule has 0 unspecified atom stereocenters. The van der Waals surface area contributed by atoms with Crippen molar-refractivity contribution in [2.24, 2.45) is 0 Å². The minimum Gasteiger partial charge on any atom is -0.478 e. The number of nitro groups is 1. The molecule has 1 aromatic rings. The molecule has 0 saturated carbocycles. The Balaban J connectivity index is 3.28. The van der Waals surface area contributed by atoms with Crippen molar-refractivity contribution in [1.29, 1.82) is 0 Å². The van der Waals surface area contributed by atoms with Crippen LogP contribution in [-0.2, 0) is 0 Å². The van der Waals surface area contributed by atoms with Gasteiger partial charge in [-0.3, -0.25) is 10.1 Å². The molecule has 0 aliphatic rings. The largest absolute Gasteiger partial charge is 0.478 e. The number of carboxylic acids is 1. The first-order valence-corrected chi connectivity index (χ1v) is 5.93. The number of nitrogens with zero attached hydrogens (tertiary/aromatic N) is 1. The normalized spacial score (nSPS) is 10.6. The summed E-state index contributed by atoms with van der Waals surface area (Å²) in [4.78, 5) is 21.2. The zero-order chi connectivity index (χ0) is 12.8. The number of nitro benzene ring substituents is 1. The molecule has 0 radical (unpaired) electrons. The van der Waals surface area contributed by atoms with Gasteiger partial charge in [0.2, 0.25) is 0 Å². The molecule has 90 valence electrons. The fraction of sp³-hybridized carbons (Fsp3) is 0.182. The van der Waals surface area contributed by atoms with Crippen LogP contribution in [0.1, 0.15) is 22.3 Å². The van der Waals surface area contributed by atoms with Crippen LogP contribution in [-0.4, -0.2) is 21.3 Å². The number of halogens is 1. The topological polar surface area (TPSA) is 80.4 Å². The minimum absolute atomic E-state index is 0.0648. The highest BCUT2D eigenvalue weighted by atomic mass is 79.9. The van der Waals surface area contributed by atoms with Gasteiger partial charge in [0.25, 0.3) is 5.69 Å². The van der Waals surface area contributed by atoms with Crippen LogP contribution in [0, 0.1) is 10.1 Å². The second-order valence-corrected chi connectivity index (χ2v) is 3.97. The van der Waals surface area contributed by atoms with E-state index in [2.05, 4.69) is 15.9 Å². The number of rotatable bonds is 5. The Morgan fingerprint density at radius 3 is 2.76 bits per heavy atom. The van der Waals surface area contributed by atoms with Gasteiger partial charge in [-0.05, 0) is 12.5 Å². The lowest BCUT2D eigenvalue weighted by Gasteiger charge is -2.02. The molecule has 5 nitrogen and oxygen atoms in total. The average Bonchev–Trinajstić information content (AvgIpc) is 2.28. The van der Waals surface area contributed by atoms with Gasteiger partial charge < -0.3 is 5.11 Å². The fourth-order valence-corrected chi connectivity index (χ4v) is 1.60. The SMILES string of the molecule is O=C(O)c1cccc([N+](=O)[O-])c1C=CCCBr. The second-order valence-electron chi connectivity index (χ2n) is 3.18. The van der Waals surface area contributed by atoms with Crippen molar-refractivity contribution in [2.45, 2.75) is 6.42 Å². The maximum absolute atomic E-state index is 11.0. The van der Waals surface area contributed by atoms with Gasteiger partial charge >= 0.3 is 5.97 Å². The number of alkyl halides is 1. The first-order chi connectivity index (χ1) is 8.07. The van der Waals surface area contributed by atoms with Crippen molar-refractivity contribution in [3.8, 4) is 0 Å². The third-order valence-electron chi connectivity index (χ3n) is 2.07. The van der Waals surface area contributed by atoms with Crippen molar-refractivity contribution in [3.63, 3.8) is 0 Å². The van der Waals surface area contributed by atoms with E-state index in [4.69, 9.17) is 5.11 Å². The summed E-state index contributed by atoms with van der Waals surface area (Å²) in [5.74, 6) is -1.17. The molecule has 1 N–H and O–H groups in total. The Hall–Kier alpha value is -1.69. The van der Waals surface area contributed by atoms with E-state index in [9.17, 15) is 14.9 Å². The summed E-state index contributed by atoms with van der Waals surface area (Å²) in [7, 11) is 0. The van der Waals surface area contributed by atoms with E-state index >= 15 is 0 Å². The Bertz CT molecular complexity index is 438. The van der Waals surface area contributed by atoms with Gasteiger partial charge in [-0.2, -0.15) is 0 Å². The van der Waals surface area contributed by atoms with Crippen molar-refractivity contribution >= 4 is 33.7 Å². The number of hydrogen-bond acceptors (Lipinski definition) is 3. The molecule has 6 heteroatoms. The lowest BCUT2D eigenvalue weighted by atomic mass is 10.0. The van der Waals surface area contributed by atoms with Crippen molar-refractivity contribution in [2.75, 3.05) is 5.33 Å². The Morgan fingerprint density at radius 1 is 1.53 bits per heavy atom. The first kappa shape index (κ1) is 13.4. The summed E-state index contributed by atoms with van der Waals surface area (Å²) < 4.78 is 0. The van der Waals surface area contributed by atoms with Gasteiger partial charge in [-0.1, -0.05) is 34.1 Å². The summed E-state index contributed by atoms with van der Waals surface area (Å²) >= 11 is 3.22. The number of benzene rings is 1. The van der Waals surface area contributed by atoms with Gasteiger partial charge in [0.15, 0.2) is 0 Å². The van der Waals surface area contributed by atoms with Gasteiger partial charge in [-0.25, -0.2) is 4.79 Å². The number of carboxylic acid groups (broad SMARTS) is 1. The highest BCUT2D eigenvalue weighted by molar-refractivity contribution is 9.09. The number of allylic oxidation sites excluding steroid dienone is 1. The van der Waals surface area contributed by atoms with E-state index in [1.807, 2.05) is 0 Å². The monoisotopic (exact) mass is 299 g/mol. The number of carbonyl (C=O) groups is 1. The summed E-state index contributed by atoms with van der Waals surface area (Å²) in [6.07, 6.45) is 3.84. The molecule has 1 aromatic carbocycles. The van der Waals surface area contributed by atoms with Crippen LogP contribution in [0.2, 0.25) is 0 Å². The Labute approximate surface area is 106 Å². The molecule has 0 saturated heterocycles. The van der Waals surface area contributed by atoms with Crippen LogP contribution in [0.5, 0.6) is 0 Å². The number of aromatic carboxylic acids is 1. The standard InChI is InChI=1S/C11H10BrNO4/c12-7-2-1-4-8-9(11(14)15)5-3-6-10(8)13(16)17/h1,3-6H,2,7H2,(H,14,15). The second kappa shape index (κ2) is 6.15. The molecule has 0 spiro atoms. The molecule has 0 fully saturated rings. The van der Waals surface area contributed by atoms with Crippen LogP contribution in [0.15, 0.2) is 24.3 Å². The Morgan fingerprint density at radius 2 is 2.24 bits per heavy atom. The molecule has 0 atom stereocenters. The fourth-order valence-electron chi connectivity index (χ4n) is 1.34. The predicted octanol–water partition coefficient (Wildman–Crippen LogP) is 3.09. The quantitative estimate of drug-likeness (QED) is 0.515. The van der Waals surface area contributed by atoms with Crippen LogP contribution in [0.25, 0.3) is 6.08 Å². The maximum Gasteiger partial charge on any atom is 0.336 e. The molecule has 0 amide bonds. The lowest BCUT2D eigenvalue weighted by molar-refractivity contribution is -0.385. The van der Waals surface area contributed by atoms with E-state index in [1.165, 1.54) is 24.3 Å². The summed E-state index contributed by atoms with van der Waals surface area (Å²) in [5.41, 5.74) is -0.133. The van der Waals surface area contributed by atoms with E-state index in [1.54, 1.807) is 6.08 Å². The maximum atomic E-state index is 11.0. The van der Waals surface area contributed by atoms with E-state index in [0.717, 1.165) is 0 Å². The van der Waals surface area contributed by atoms with Gasteiger partial charge in [0.05, 0.1) is 16.1 Å².